The number of amides is 1. The van der Waals surface area contributed by atoms with Crippen LogP contribution in [0.3, 0.4) is 0 Å². The molecule has 1 amide bonds. The largest absolute Gasteiger partial charge is 0.497 e. The predicted molar refractivity (Wildman–Crippen MR) is 164 cm³/mol. The number of para-hydroxylation sites is 1. The van der Waals surface area contributed by atoms with Crippen molar-refractivity contribution in [2.24, 2.45) is 4.99 Å². The van der Waals surface area contributed by atoms with Crippen LogP contribution in [0, 0.1) is 11.3 Å². The lowest BCUT2D eigenvalue weighted by molar-refractivity contribution is -0.113. The van der Waals surface area contributed by atoms with Gasteiger partial charge in [-0.3, -0.25) is 14.2 Å². The molecule has 42 heavy (non-hydrogen) atoms. The summed E-state index contributed by atoms with van der Waals surface area (Å²) in [5.41, 5.74) is 2.57. The molecule has 0 saturated carbocycles. The molecule has 3 aromatic carbocycles. The number of hydrogen-bond acceptors (Lipinski definition) is 8. The first-order chi connectivity index (χ1) is 20.3. The summed E-state index contributed by atoms with van der Waals surface area (Å²) in [4.78, 5) is 32.9. The summed E-state index contributed by atoms with van der Waals surface area (Å²) in [5.74, 6) is 1.04. The van der Waals surface area contributed by atoms with E-state index in [9.17, 15) is 9.59 Å². The molecule has 0 unspecified atom stereocenters. The number of anilines is 1. The lowest BCUT2D eigenvalue weighted by Crippen LogP contribution is -2.40. The van der Waals surface area contributed by atoms with Crippen molar-refractivity contribution in [2.45, 2.75) is 13.0 Å². The highest BCUT2D eigenvalue weighted by molar-refractivity contribution is 9.10. The lowest BCUT2D eigenvalue weighted by Gasteiger charge is -2.25. The monoisotopic (exact) mass is 644 g/mol. The molecule has 1 aliphatic heterocycles. The first-order valence-electron chi connectivity index (χ1n) is 12.7. The Hall–Kier alpha value is -4.66. The molecule has 5 rings (SSSR count). The molecule has 1 aromatic heterocycles. The molecule has 2 heterocycles. The van der Waals surface area contributed by atoms with Crippen molar-refractivity contribution < 1.29 is 19.0 Å². The number of hydrogen-bond donors (Lipinski definition) is 1. The number of nitrogens with zero attached hydrogens (tertiary/aromatic N) is 3. The fourth-order valence-corrected chi connectivity index (χ4v) is 6.30. The fraction of sp³-hybridized carbons (Fsp3) is 0.161. The van der Waals surface area contributed by atoms with E-state index in [4.69, 9.17) is 24.5 Å². The van der Waals surface area contributed by atoms with Gasteiger partial charge in [-0.05, 0) is 76.5 Å². The van der Waals surface area contributed by atoms with Crippen LogP contribution in [0.15, 0.2) is 92.3 Å². The predicted octanol–water partition coefficient (Wildman–Crippen LogP) is 4.56. The van der Waals surface area contributed by atoms with Gasteiger partial charge in [-0.2, -0.15) is 5.26 Å². The minimum absolute atomic E-state index is 0.142. The second kappa shape index (κ2) is 12.5. The van der Waals surface area contributed by atoms with Crippen LogP contribution in [0.1, 0.15) is 24.1 Å². The van der Waals surface area contributed by atoms with E-state index < -0.39 is 6.04 Å². The van der Waals surface area contributed by atoms with Gasteiger partial charge in [0, 0.05) is 5.69 Å². The number of ether oxygens (including phenoxy) is 3. The Kier molecular flexibility index (Phi) is 8.56. The van der Waals surface area contributed by atoms with E-state index >= 15 is 0 Å². The summed E-state index contributed by atoms with van der Waals surface area (Å²) < 4.78 is 19.0. The maximum absolute atomic E-state index is 14.0. The molecular formula is C31H25BrN4O5S. The van der Waals surface area contributed by atoms with Gasteiger partial charge in [0.15, 0.2) is 22.9 Å². The van der Waals surface area contributed by atoms with Crippen LogP contribution in [0.25, 0.3) is 6.08 Å². The third-order valence-electron chi connectivity index (χ3n) is 6.54. The Labute approximate surface area is 253 Å². The molecule has 0 bridgehead atoms. The Morgan fingerprint density at radius 3 is 2.64 bits per heavy atom. The maximum atomic E-state index is 14.0. The Morgan fingerprint density at radius 2 is 1.93 bits per heavy atom. The van der Waals surface area contributed by atoms with Crippen molar-refractivity contribution in [3.05, 3.63) is 113 Å². The number of allylic oxidation sites excluding steroid dienone is 1. The number of methoxy groups -OCH3 is 2. The normalized spacial score (nSPS) is 14.5. The van der Waals surface area contributed by atoms with Gasteiger partial charge in [-0.1, -0.05) is 41.7 Å². The van der Waals surface area contributed by atoms with Crippen LogP contribution in [-0.2, 0) is 4.79 Å². The van der Waals surface area contributed by atoms with Crippen LogP contribution < -0.4 is 34.4 Å². The summed E-state index contributed by atoms with van der Waals surface area (Å²) in [6, 6.07) is 21.1. The summed E-state index contributed by atoms with van der Waals surface area (Å²) in [7, 11) is 3.06. The van der Waals surface area contributed by atoms with Crippen LogP contribution in [0.4, 0.5) is 5.69 Å². The van der Waals surface area contributed by atoms with Crippen LogP contribution in [0.2, 0.25) is 0 Å². The van der Waals surface area contributed by atoms with Gasteiger partial charge in [0.1, 0.15) is 11.8 Å². The van der Waals surface area contributed by atoms with Gasteiger partial charge in [-0.15, -0.1) is 0 Å². The molecule has 212 valence electrons. The molecule has 0 radical (unpaired) electrons. The molecule has 0 aliphatic carbocycles. The summed E-state index contributed by atoms with van der Waals surface area (Å²) in [6.07, 6.45) is 1.73. The number of nitrogens with one attached hydrogen (secondary N) is 1. The van der Waals surface area contributed by atoms with Gasteiger partial charge in [0.25, 0.3) is 11.5 Å². The molecule has 9 nitrogen and oxygen atoms in total. The number of rotatable bonds is 8. The van der Waals surface area contributed by atoms with E-state index in [1.54, 1.807) is 48.9 Å². The standard InChI is InChI=1S/C31H25BrN4O5S/c1-18-26(29(37)35-21-9-5-4-6-10-21)27(20-8-7-11-22(17-20)39-2)36-30(38)25(42-31(36)34-18)16-19-14-23(32)28(41-13-12-33)24(15-19)40-3/h4-11,14-17,27H,13H2,1-3H3,(H,35,37)/b25-16-/t27-/m0/s1. The summed E-state index contributed by atoms with van der Waals surface area (Å²) >= 11 is 4.70. The van der Waals surface area contributed by atoms with Crippen molar-refractivity contribution in [1.29, 1.82) is 5.26 Å². The van der Waals surface area contributed by atoms with Crippen LogP contribution >= 0.6 is 27.3 Å². The summed E-state index contributed by atoms with van der Waals surface area (Å²) in [5, 5.41) is 11.9. The summed E-state index contributed by atoms with van der Waals surface area (Å²) in [6.45, 7) is 1.63. The number of halogens is 1. The van der Waals surface area contributed by atoms with E-state index in [2.05, 4.69) is 21.2 Å². The lowest BCUT2D eigenvalue weighted by atomic mass is 9.95. The second-order valence-electron chi connectivity index (χ2n) is 9.16. The van der Waals surface area contributed by atoms with Crippen LogP contribution in [0.5, 0.6) is 17.2 Å². The van der Waals surface area contributed by atoms with Gasteiger partial charge < -0.3 is 19.5 Å². The third-order valence-corrected chi connectivity index (χ3v) is 8.11. The Balaban J connectivity index is 1.66. The van der Waals surface area contributed by atoms with Gasteiger partial charge in [0.05, 0.1) is 40.5 Å². The first-order valence-corrected chi connectivity index (χ1v) is 14.4. The van der Waals surface area contributed by atoms with Crippen molar-refractivity contribution in [2.75, 3.05) is 26.1 Å². The van der Waals surface area contributed by atoms with E-state index in [0.29, 0.717) is 59.1 Å². The van der Waals surface area contributed by atoms with E-state index in [1.807, 2.05) is 48.5 Å². The number of benzene rings is 3. The molecule has 11 heteroatoms. The van der Waals surface area contributed by atoms with Crippen molar-refractivity contribution in [1.82, 2.24) is 4.57 Å². The third kappa shape index (κ3) is 5.72. The SMILES string of the molecule is COc1cccc([C@H]2C(C(=O)Nc3ccccc3)=C(C)N=c3s/c(=C\c4cc(Br)c(OCC#N)c(OC)c4)c(=O)n32)c1. The smallest absolute Gasteiger partial charge is 0.271 e. The second-order valence-corrected chi connectivity index (χ2v) is 11.0. The molecule has 0 spiro atoms. The molecule has 1 N–H and O–H groups in total. The molecular weight excluding hydrogens is 620 g/mol. The average Bonchev–Trinajstić information content (AvgIpc) is 3.29. The number of fused-ring (bicyclic) bond motifs is 1. The molecule has 0 fully saturated rings. The highest BCUT2D eigenvalue weighted by atomic mass is 79.9. The zero-order valence-corrected chi connectivity index (χ0v) is 25.3. The highest BCUT2D eigenvalue weighted by Gasteiger charge is 2.32. The number of nitriles is 1. The molecule has 1 aliphatic rings. The van der Waals surface area contributed by atoms with Crippen molar-refractivity contribution in [3.8, 4) is 23.3 Å². The molecule has 1 atom stereocenters. The number of aromatic nitrogens is 1. The highest BCUT2D eigenvalue weighted by Crippen LogP contribution is 2.37. The van der Waals surface area contributed by atoms with Gasteiger partial charge >= 0.3 is 0 Å². The van der Waals surface area contributed by atoms with E-state index in [-0.39, 0.29) is 18.1 Å². The minimum Gasteiger partial charge on any atom is -0.497 e. The van der Waals surface area contributed by atoms with E-state index in [1.165, 1.54) is 18.4 Å². The van der Waals surface area contributed by atoms with Crippen molar-refractivity contribution >= 4 is 44.9 Å². The quantitative estimate of drug-likeness (QED) is 0.301. The Morgan fingerprint density at radius 1 is 1.14 bits per heavy atom. The van der Waals surface area contributed by atoms with E-state index in [0.717, 1.165) is 0 Å². The molecule has 0 saturated heterocycles. The zero-order valence-electron chi connectivity index (χ0n) is 22.9. The number of carbonyl (C=O) groups is 1. The van der Waals surface area contributed by atoms with Crippen molar-refractivity contribution in [3.63, 3.8) is 0 Å². The zero-order chi connectivity index (χ0) is 29.8. The van der Waals surface area contributed by atoms with Crippen LogP contribution in [-0.4, -0.2) is 31.3 Å². The first kappa shape index (κ1) is 28.9. The topological polar surface area (TPSA) is 115 Å². The average molecular weight is 646 g/mol. The number of thiazole rings is 1. The molecule has 4 aromatic rings. The number of carbonyl (C=O) groups excluding carboxylic acids is 1. The fourth-order valence-electron chi connectivity index (χ4n) is 4.68. The van der Waals surface area contributed by atoms with Gasteiger partial charge in [0.2, 0.25) is 0 Å². The Bertz CT molecular complexity index is 1930. The minimum atomic E-state index is -0.745. The maximum Gasteiger partial charge on any atom is 0.271 e. The van der Waals surface area contributed by atoms with Gasteiger partial charge in [-0.25, -0.2) is 4.99 Å².